The molecule has 1 rings (SSSR count). The molecule has 0 saturated carbocycles. The normalized spacial score (nSPS) is 19.1. The predicted molar refractivity (Wildman–Crippen MR) is 59.4 cm³/mol. The summed E-state index contributed by atoms with van der Waals surface area (Å²) in [4.78, 5) is 2.50. The maximum atomic E-state index is 9.05. The zero-order chi connectivity index (χ0) is 10.4. The van der Waals surface area contributed by atoms with Crippen LogP contribution in [0.1, 0.15) is 26.7 Å². The van der Waals surface area contributed by atoms with Crippen LogP contribution < -0.4 is 5.32 Å². The van der Waals surface area contributed by atoms with E-state index in [1.165, 1.54) is 25.9 Å². The van der Waals surface area contributed by atoms with Crippen LogP contribution in [0.3, 0.4) is 0 Å². The van der Waals surface area contributed by atoms with Gasteiger partial charge in [0.15, 0.2) is 0 Å². The molecule has 0 amide bonds. The lowest BCUT2D eigenvalue weighted by atomic mass is 9.95. The minimum Gasteiger partial charge on any atom is -0.396 e. The lowest BCUT2D eigenvalue weighted by Gasteiger charge is -2.23. The number of nitrogens with zero attached hydrogens (tertiary/aromatic N) is 1. The second-order valence-electron chi connectivity index (χ2n) is 5.05. The van der Waals surface area contributed by atoms with Crippen LogP contribution in [0.4, 0.5) is 0 Å². The van der Waals surface area contributed by atoms with Gasteiger partial charge in [-0.15, -0.1) is 0 Å². The highest BCUT2D eigenvalue weighted by molar-refractivity contribution is 4.71. The Morgan fingerprint density at radius 3 is 2.50 bits per heavy atom. The maximum absolute atomic E-state index is 9.05. The van der Waals surface area contributed by atoms with Gasteiger partial charge in [-0.2, -0.15) is 0 Å². The van der Waals surface area contributed by atoms with E-state index in [4.69, 9.17) is 5.11 Å². The molecule has 1 saturated heterocycles. The molecule has 0 aliphatic carbocycles. The van der Waals surface area contributed by atoms with Gasteiger partial charge in [0.05, 0.1) is 0 Å². The largest absolute Gasteiger partial charge is 0.396 e. The summed E-state index contributed by atoms with van der Waals surface area (Å²) in [5.41, 5.74) is 0.0189. The van der Waals surface area contributed by atoms with Crippen LogP contribution in [0.2, 0.25) is 0 Å². The van der Waals surface area contributed by atoms with Crippen molar-refractivity contribution in [2.24, 2.45) is 5.41 Å². The van der Waals surface area contributed by atoms with Crippen molar-refractivity contribution < 1.29 is 5.11 Å². The Morgan fingerprint density at radius 2 is 1.93 bits per heavy atom. The van der Waals surface area contributed by atoms with Gasteiger partial charge in [0, 0.05) is 31.7 Å². The SMILES string of the molecule is CC(C)(CO)CNCCN1CCCC1. The summed E-state index contributed by atoms with van der Waals surface area (Å²) in [5, 5.41) is 12.5. The van der Waals surface area contributed by atoms with E-state index >= 15 is 0 Å². The molecule has 0 bridgehead atoms. The molecule has 0 aromatic carbocycles. The first-order valence-electron chi connectivity index (χ1n) is 5.68. The lowest BCUT2D eigenvalue weighted by Crippen LogP contribution is -2.36. The van der Waals surface area contributed by atoms with Crippen LogP contribution in [0, 0.1) is 5.41 Å². The minimum atomic E-state index is 0.0189. The summed E-state index contributed by atoms with van der Waals surface area (Å²) >= 11 is 0. The van der Waals surface area contributed by atoms with Crippen molar-refractivity contribution in [1.82, 2.24) is 10.2 Å². The quantitative estimate of drug-likeness (QED) is 0.619. The molecule has 1 heterocycles. The second-order valence-corrected chi connectivity index (χ2v) is 5.05. The number of hydrogen-bond donors (Lipinski definition) is 2. The van der Waals surface area contributed by atoms with Gasteiger partial charge in [0.1, 0.15) is 0 Å². The number of aliphatic hydroxyl groups excluding tert-OH is 1. The van der Waals surface area contributed by atoms with E-state index in [0.29, 0.717) is 0 Å². The van der Waals surface area contributed by atoms with Gasteiger partial charge in [0.2, 0.25) is 0 Å². The third-order valence-electron chi connectivity index (χ3n) is 2.84. The van der Waals surface area contributed by atoms with E-state index in [-0.39, 0.29) is 12.0 Å². The van der Waals surface area contributed by atoms with Gasteiger partial charge in [-0.05, 0) is 25.9 Å². The number of aliphatic hydroxyl groups is 1. The topological polar surface area (TPSA) is 35.5 Å². The monoisotopic (exact) mass is 200 g/mol. The molecule has 1 aliphatic rings. The van der Waals surface area contributed by atoms with Crippen LogP contribution in [0.25, 0.3) is 0 Å². The van der Waals surface area contributed by atoms with Crippen LogP contribution in [0.5, 0.6) is 0 Å². The summed E-state index contributed by atoms with van der Waals surface area (Å²) in [6.07, 6.45) is 2.73. The summed E-state index contributed by atoms with van der Waals surface area (Å²) in [6, 6.07) is 0. The van der Waals surface area contributed by atoms with E-state index in [0.717, 1.165) is 19.6 Å². The Hall–Kier alpha value is -0.120. The van der Waals surface area contributed by atoms with Gasteiger partial charge in [0.25, 0.3) is 0 Å². The molecule has 0 aromatic heterocycles. The Morgan fingerprint density at radius 1 is 1.29 bits per heavy atom. The average molecular weight is 200 g/mol. The smallest absolute Gasteiger partial charge is 0.0494 e. The first-order chi connectivity index (χ1) is 6.64. The molecular formula is C11H24N2O. The third-order valence-corrected chi connectivity index (χ3v) is 2.84. The van der Waals surface area contributed by atoms with Crippen molar-refractivity contribution in [3.8, 4) is 0 Å². The van der Waals surface area contributed by atoms with Crippen molar-refractivity contribution in [1.29, 1.82) is 0 Å². The molecule has 0 aromatic rings. The van der Waals surface area contributed by atoms with Crippen LogP contribution in [-0.2, 0) is 0 Å². The van der Waals surface area contributed by atoms with Crippen molar-refractivity contribution in [3.05, 3.63) is 0 Å². The van der Waals surface area contributed by atoms with E-state index < -0.39 is 0 Å². The highest BCUT2D eigenvalue weighted by Crippen LogP contribution is 2.11. The standard InChI is InChI=1S/C11H24N2O/c1-11(2,10-14)9-12-5-8-13-6-3-4-7-13/h12,14H,3-10H2,1-2H3. The molecule has 14 heavy (non-hydrogen) atoms. The molecule has 3 heteroatoms. The molecule has 1 fully saturated rings. The molecule has 0 spiro atoms. The highest BCUT2D eigenvalue weighted by atomic mass is 16.3. The molecule has 3 nitrogen and oxygen atoms in total. The second kappa shape index (κ2) is 5.69. The molecule has 1 aliphatic heterocycles. The van der Waals surface area contributed by atoms with Crippen LogP contribution in [-0.4, -0.2) is 49.3 Å². The maximum Gasteiger partial charge on any atom is 0.0494 e. The highest BCUT2D eigenvalue weighted by Gasteiger charge is 2.16. The number of nitrogens with one attached hydrogen (secondary N) is 1. The van der Waals surface area contributed by atoms with Crippen molar-refractivity contribution >= 4 is 0 Å². The van der Waals surface area contributed by atoms with E-state index in [1.54, 1.807) is 0 Å². The number of likely N-dealkylation sites (tertiary alicyclic amines) is 1. The first kappa shape index (κ1) is 12.0. The van der Waals surface area contributed by atoms with Gasteiger partial charge in [-0.1, -0.05) is 13.8 Å². The lowest BCUT2D eigenvalue weighted by molar-refractivity contribution is 0.156. The van der Waals surface area contributed by atoms with Gasteiger partial charge in [-0.25, -0.2) is 0 Å². The van der Waals surface area contributed by atoms with Crippen molar-refractivity contribution in [3.63, 3.8) is 0 Å². The van der Waals surface area contributed by atoms with E-state index in [2.05, 4.69) is 24.1 Å². The zero-order valence-electron chi connectivity index (χ0n) is 9.55. The van der Waals surface area contributed by atoms with Gasteiger partial charge < -0.3 is 15.3 Å². The minimum absolute atomic E-state index is 0.0189. The summed E-state index contributed by atoms with van der Waals surface area (Å²) in [5.74, 6) is 0. The predicted octanol–water partition coefficient (Wildman–Crippen LogP) is 0.690. The molecule has 84 valence electrons. The summed E-state index contributed by atoms with van der Waals surface area (Å²) in [6.45, 7) is 10.0. The molecule has 2 N–H and O–H groups in total. The number of hydrogen-bond acceptors (Lipinski definition) is 3. The Bertz CT molecular complexity index is 153. The fraction of sp³-hybridized carbons (Fsp3) is 1.00. The van der Waals surface area contributed by atoms with E-state index in [9.17, 15) is 0 Å². The number of rotatable bonds is 6. The Labute approximate surface area is 87.5 Å². The molecule has 0 unspecified atom stereocenters. The van der Waals surface area contributed by atoms with E-state index in [1.807, 2.05) is 0 Å². The third kappa shape index (κ3) is 4.40. The molecular weight excluding hydrogens is 176 g/mol. The van der Waals surface area contributed by atoms with Crippen molar-refractivity contribution in [2.45, 2.75) is 26.7 Å². The summed E-state index contributed by atoms with van der Waals surface area (Å²) in [7, 11) is 0. The van der Waals surface area contributed by atoms with Gasteiger partial charge in [-0.3, -0.25) is 0 Å². The zero-order valence-corrected chi connectivity index (χ0v) is 9.55. The fourth-order valence-corrected chi connectivity index (χ4v) is 1.73. The first-order valence-corrected chi connectivity index (χ1v) is 5.68. The average Bonchev–Trinajstić information content (AvgIpc) is 2.65. The Kier molecular flexibility index (Phi) is 4.85. The fourth-order valence-electron chi connectivity index (χ4n) is 1.73. The molecule has 0 atom stereocenters. The summed E-state index contributed by atoms with van der Waals surface area (Å²) < 4.78 is 0. The van der Waals surface area contributed by atoms with Gasteiger partial charge >= 0.3 is 0 Å². The van der Waals surface area contributed by atoms with Crippen LogP contribution >= 0.6 is 0 Å². The molecule has 0 radical (unpaired) electrons. The Balaban J connectivity index is 1.98. The van der Waals surface area contributed by atoms with Crippen molar-refractivity contribution in [2.75, 3.05) is 39.3 Å². The van der Waals surface area contributed by atoms with Crippen LogP contribution in [0.15, 0.2) is 0 Å².